The van der Waals surface area contributed by atoms with Gasteiger partial charge in [0.1, 0.15) is 5.75 Å². The zero-order valence-corrected chi connectivity index (χ0v) is 16.7. The molecular formula is C22H25F3N2O2. The molecule has 156 valence electrons. The van der Waals surface area contributed by atoms with E-state index in [1.54, 1.807) is 25.1 Å². The summed E-state index contributed by atoms with van der Waals surface area (Å²) in [5.41, 5.74) is 0.519. The predicted molar refractivity (Wildman–Crippen MR) is 106 cm³/mol. The van der Waals surface area contributed by atoms with Crippen LogP contribution in [-0.2, 0) is 17.4 Å². The van der Waals surface area contributed by atoms with E-state index in [-0.39, 0.29) is 23.6 Å². The van der Waals surface area contributed by atoms with Gasteiger partial charge in [0.2, 0.25) is 5.91 Å². The molecule has 1 aliphatic heterocycles. The Hall–Kier alpha value is -2.54. The molecule has 4 nitrogen and oxygen atoms in total. The second-order valence-electron chi connectivity index (χ2n) is 7.78. The van der Waals surface area contributed by atoms with Gasteiger partial charge in [-0.1, -0.05) is 25.1 Å². The Morgan fingerprint density at radius 1 is 1.14 bits per heavy atom. The molecule has 0 unspecified atom stereocenters. The summed E-state index contributed by atoms with van der Waals surface area (Å²) >= 11 is 0. The van der Waals surface area contributed by atoms with Crippen molar-refractivity contribution < 1.29 is 23.1 Å². The summed E-state index contributed by atoms with van der Waals surface area (Å²) in [4.78, 5) is 16.7. The first kappa shape index (κ1) is 21.2. The SMILES string of the molecule is C[C@@H]1C(=O)N(CCN(C)C)c2cccc(C(F)(F)F)c2C[C@@H]1c1ccc(O)cc1. The van der Waals surface area contributed by atoms with Crippen molar-refractivity contribution in [2.24, 2.45) is 5.92 Å². The lowest BCUT2D eigenvalue weighted by molar-refractivity contribution is -0.138. The van der Waals surface area contributed by atoms with Crippen molar-refractivity contribution >= 4 is 11.6 Å². The van der Waals surface area contributed by atoms with E-state index >= 15 is 0 Å². The van der Waals surface area contributed by atoms with Gasteiger partial charge in [-0.25, -0.2) is 0 Å². The minimum atomic E-state index is -4.51. The average molecular weight is 406 g/mol. The lowest BCUT2D eigenvalue weighted by Gasteiger charge is -2.28. The van der Waals surface area contributed by atoms with Crippen LogP contribution < -0.4 is 4.90 Å². The highest BCUT2D eigenvalue weighted by Crippen LogP contribution is 2.43. The molecule has 29 heavy (non-hydrogen) atoms. The third kappa shape index (κ3) is 4.40. The van der Waals surface area contributed by atoms with Crippen molar-refractivity contribution in [2.45, 2.75) is 25.4 Å². The number of aromatic hydroxyl groups is 1. The van der Waals surface area contributed by atoms with E-state index in [1.165, 1.54) is 23.1 Å². The van der Waals surface area contributed by atoms with Crippen molar-refractivity contribution in [3.63, 3.8) is 0 Å². The molecule has 2 aromatic carbocycles. The Kier molecular flexibility index (Phi) is 5.89. The Balaban J connectivity index is 2.15. The normalized spacial score (nSPS) is 20.0. The number of anilines is 1. The van der Waals surface area contributed by atoms with Crippen LogP contribution in [0.4, 0.5) is 18.9 Å². The summed E-state index contributed by atoms with van der Waals surface area (Å²) in [6.45, 7) is 2.62. The van der Waals surface area contributed by atoms with Crippen LogP contribution in [0, 0.1) is 5.92 Å². The number of benzene rings is 2. The number of amides is 1. The van der Waals surface area contributed by atoms with E-state index in [2.05, 4.69) is 0 Å². The van der Waals surface area contributed by atoms with Crippen LogP contribution in [-0.4, -0.2) is 43.1 Å². The molecule has 0 bridgehead atoms. The van der Waals surface area contributed by atoms with Crippen LogP contribution in [0.25, 0.3) is 0 Å². The minimum Gasteiger partial charge on any atom is -0.508 e. The molecule has 0 saturated carbocycles. The van der Waals surface area contributed by atoms with E-state index in [0.717, 1.165) is 11.6 Å². The molecule has 0 radical (unpaired) electrons. The number of alkyl halides is 3. The van der Waals surface area contributed by atoms with Crippen molar-refractivity contribution in [1.29, 1.82) is 0 Å². The number of nitrogens with zero attached hydrogens (tertiary/aromatic N) is 2. The minimum absolute atomic E-state index is 0.0744. The fraction of sp³-hybridized carbons (Fsp3) is 0.409. The molecule has 7 heteroatoms. The molecule has 2 atom stereocenters. The number of carbonyl (C=O) groups is 1. The number of halogens is 3. The summed E-state index contributed by atoms with van der Waals surface area (Å²) in [6.07, 6.45) is -4.41. The zero-order chi connectivity index (χ0) is 21.3. The molecule has 0 spiro atoms. The summed E-state index contributed by atoms with van der Waals surface area (Å²) < 4.78 is 41.3. The van der Waals surface area contributed by atoms with Gasteiger partial charge in [0.25, 0.3) is 0 Å². The average Bonchev–Trinajstić information content (AvgIpc) is 2.75. The van der Waals surface area contributed by atoms with Gasteiger partial charge in [-0.2, -0.15) is 13.2 Å². The summed E-state index contributed by atoms with van der Waals surface area (Å²) in [5.74, 6) is -1.04. The fourth-order valence-electron chi connectivity index (χ4n) is 3.90. The molecule has 0 aromatic heterocycles. The number of likely N-dealkylation sites (N-methyl/N-ethyl adjacent to an activating group) is 1. The topological polar surface area (TPSA) is 43.8 Å². The number of carbonyl (C=O) groups excluding carboxylic acids is 1. The lowest BCUT2D eigenvalue weighted by Crippen LogP contribution is -2.40. The lowest BCUT2D eigenvalue weighted by atomic mass is 9.82. The number of phenols is 1. The maximum atomic E-state index is 13.8. The molecule has 1 amide bonds. The van der Waals surface area contributed by atoms with Gasteiger partial charge in [-0.05, 0) is 61.8 Å². The van der Waals surface area contributed by atoms with Crippen molar-refractivity contribution in [1.82, 2.24) is 4.90 Å². The monoisotopic (exact) mass is 406 g/mol. The van der Waals surface area contributed by atoms with E-state index in [1.807, 2.05) is 19.0 Å². The largest absolute Gasteiger partial charge is 0.508 e. The van der Waals surface area contributed by atoms with Crippen LogP contribution in [0.3, 0.4) is 0 Å². The second kappa shape index (κ2) is 8.06. The highest BCUT2D eigenvalue weighted by molar-refractivity contribution is 5.97. The number of fused-ring (bicyclic) bond motifs is 1. The third-order valence-electron chi connectivity index (χ3n) is 5.52. The number of hydrogen-bond acceptors (Lipinski definition) is 3. The molecule has 0 saturated heterocycles. The van der Waals surface area contributed by atoms with E-state index in [4.69, 9.17) is 0 Å². The zero-order valence-electron chi connectivity index (χ0n) is 16.7. The van der Waals surface area contributed by atoms with Gasteiger partial charge in [0.15, 0.2) is 0 Å². The Labute approximate surface area is 168 Å². The molecule has 2 aromatic rings. The van der Waals surface area contributed by atoms with Crippen molar-refractivity contribution in [2.75, 3.05) is 32.1 Å². The van der Waals surface area contributed by atoms with Crippen LogP contribution in [0.1, 0.15) is 29.5 Å². The Morgan fingerprint density at radius 2 is 1.79 bits per heavy atom. The fourth-order valence-corrected chi connectivity index (χ4v) is 3.90. The van der Waals surface area contributed by atoms with Gasteiger partial charge in [0, 0.05) is 24.7 Å². The molecule has 1 aliphatic rings. The van der Waals surface area contributed by atoms with Crippen LogP contribution >= 0.6 is 0 Å². The summed E-state index contributed by atoms with van der Waals surface area (Å²) in [6, 6.07) is 10.4. The molecule has 1 N–H and O–H groups in total. The molecule has 3 rings (SSSR count). The maximum Gasteiger partial charge on any atom is 0.416 e. The van der Waals surface area contributed by atoms with Gasteiger partial charge < -0.3 is 14.9 Å². The van der Waals surface area contributed by atoms with Gasteiger partial charge in [-0.15, -0.1) is 0 Å². The molecular weight excluding hydrogens is 381 g/mol. The maximum absolute atomic E-state index is 13.8. The molecule has 0 aliphatic carbocycles. The highest BCUT2D eigenvalue weighted by atomic mass is 19.4. The Morgan fingerprint density at radius 3 is 2.38 bits per heavy atom. The molecule has 0 fully saturated rings. The first-order valence-corrected chi connectivity index (χ1v) is 9.53. The quantitative estimate of drug-likeness (QED) is 0.824. The van der Waals surface area contributed by atoms with Crippen molar-refractivity contribution in [3.8, 4) is 5.75 Å². The van der Waals surface area contributed by atoms with E-state index in [9.17, 15) is 23.1 Å². The van der Waals surface area contributed by atoms with E-state index < -0.39 is 23.6 Å². The van der Waals surface area contributed by atoms with Crippen LogP contribution in [0.2, 0.25) is 0 Å². The van der Waals surface area contributed by atoms with E-state index in [0.29, 0.717) is 18.8 Å². The van der Waals surface area contributed by atoms with Gasteiger partial charge in [0.05, 0.1) is 5.56 Å². The number of phenolic OH excluding ortho intramolecular Hbond substituents is 1. The number of hydrogen-bond donors (Lipinski definition) is 1. The second-order valence-corrected chi connectivity index (χ2v) is 7.78. The standard InChI is InChI=1S/C22H25F3N2O2/c1-14-17(15-7-9-16(28)10-8-15)13-18-19(22(23,24)25)5-4-6-20(18)27(21(14)29)12-11-26(2)3/h4-10,14,17,28H,11-13H2,1-3H3/t14-,17-/m0/s1. The first-order chi connectivity index (χ1) is 13.6. The Bertz CT molecular complexity index is 879. The predicted octanol–water partition coefficient (Wildman–Crippen LogP) is 4.28. The van der Waals surface area contributed by atoms with Crippen LogP contribution in [0.5, 0.6) is 5.75 Å². The molecule has 1 heterocycles. The first-order valence-electron chi connectivity index (χ1n) is 9.53. The smallest absolute Gasteiger partial charge is 0.416 e. The van der Waals surface area contributed by atoms with Crippen molar-refractivity contribution in [3.05, 3.63) is 59.2 Å². The van der Waals surface area contributed by atoms with Gasteiger partial charge in [-0.3, -0.25) is 4.79 Å². The number of rotatable bonds is 4. The summed E-state index contributed by atoms with van der Waals surface area (Å²) in [7, 11) is 3.72. The highest BCUT2D eigenvalue weighted by Gasteiger charge is 2.40. The third-order valence-corrected chi connectivity index (χ3v) is 5.52. The van der Waals surface area contributed by atoms with Gasteiger partial charge >= 0.3 is 6.18 Å². The summed E-state index contributed by atoms with van der Waals surface area (Å²) in [5, 5.41) is 9.57. The van der Waals surface area contributed by atoms with Crippen LogP contribution in [0.15, 0.2) is 42.5 Å².